The predicted octanol–water partition coefficient (Wildman–Crippen LogP) is 3.22. The van der Waals surface area contributed by atoms with Gasteiger partial charge < -0.3 is 15.7 Å². The van der Waals surface area contributed by atoms with E-state index in [-0.39, 0.29) is 23.1 Å². The summed E-state index contributed by atoms with van der Waals surface area (Å²) in [5.41, 5.74) is 9.05. The Hall–Kier alpha value is -3.92. The summed E-state index contributed by atoms with van der Waals surface area (Å²) in [7, 11) is 3.96. The monoisotopic (exact) mass is 479 g/mol. The van der Waals surface area contributed by atoms with Gasteiger partial charge in [-0.25, -0.2) is 9.69 Å². The van der Waals surface area contributed by atoms with Crippen LogP contribution in [0, 0.1) is 0 Å². The molecule has 10 heteroatoms. The molecule has 1 unspecified atom stereocenters. The van der Waals surface area contributed by atoms with E-state index in [0.29, 0.717) is 11.4 Å². The number of carboxylic acid groups (broad SMARTS) is 1. The Bertz CT molecular complexity index is 1170. The van der Waals surface area contributed by atoms with Crippen molar-refractivity contribution in [1.29, 1.82) is 0 Å². The number of carboxylic acids is 1. The minimum Gasteiger partial charge on any atom is -0.478 e. The van der Waals surface area contributed by atoms with E-state index >= 15 is 0 Å². The number of amidine groups is 1. The zero-order valence-corrected chi connectivity index (χ0v) is 19.8. The highest BCUT2D eigenvalue weighted by Gasteiger charge is 2.40. The number of anilines is 2. The fourth-order valence-electron chi connectivity index (χ4n) is 3.15. The first-order chi connectivity index (χ1) is 16.2. The van der Waals surface area contributed by atoms with Crippen molar-refractivity contribution < 1.29 is 19.5 Å². The van der Waals surface area contributed by atoms with Gasteiger partial charge in [0.05, 0.1) is 17.0 Å². The molecule has 1 fully saturated rings. The van der Waals surface area contributed by atoms with Gasteiger partial charge in [0.25, 0.3) is 0 Å². The lowest BCUT2D eigenvalue weighted by molar-refractivity contribution is -0.121. The Morgan fingerprint density at radius 1 is 1.12 bits per heavy atom. The Labute approximate surface area is 201 Å². The molecule has 0 aliphatic carbocycles. The molecule has 3 N–H and O–H groups in total. The van der Waals surface area contributed by atoms with Gasteiger partial charge in [-0.3, -0.25) is 9.59 Å². The van der Waals surface area contributed by atoms with Crippen LogP contribution in [-0.4, -0.2) is 53.1 Å². The first kappa shape index (κ1) is 24.7. The van der Waals surface area contributed by atoms with Crippen molar-refractivity contribution in [3.63, 3.8) is 0 Å². The van der Waals surface area contributed by atoms with E-state index in [0.717, 1.165) is 27.9 Å². The molecule has 1 aliphatic rings. The molecule has 1 atom stereocenters. The Morgan fingerprint density at radius 3 is 2.35 bits per heavy atom. The van der Waals surface area contributed by atoms with E-state index in [1.807, 2.05) is 49.3 Å². The minimum absolute atomic E-state index is 0.0358. The van der Waals surface area contributed by atoms with Crippen molar-refractivity contribution in [2.75, 3.05) is 23.9 Å². The molecule has 2 aromatic carbocycles. The van der Waals surface area contributed by atoms with Crippen molar-refractivity contribution in [2.45, 2.75) is 18.6 Å². The largest absolute Gasteiger partial charge is 0.478 e. The van der Waals surface area contributed by atoms with Crippen LogP contribution < -0.4 is 15.5 Å². The van der Waals surface area contributed by atoms with E-state index in [9.17, 15) is 14.4 Å². The fraction of sp³-hybridized carbons (Fsp3) is 0.208. The van der Waals surface area contributed by atoms with Gasteiger partial charge >= 0.3 is 5.97 Å². The van der Waals surface area contributed by atoms with E-state index in [1.165, 1.54) is 24.3 Å². The molecule has 3 rings (SSSR count). The van der Waals surface area contributed by atoms with E-state index in [2.05, 4.69) is 10.2 Å². The van der Waals surface area contributed by atoms with Gasteiger partial charge in [-0.15, -0.1) is 5.10 Å². The summed E-state index contributed by atoms with van der Waals surface area (Å²) in [6.07, 6.45) is 3.68. The number of hydrogen-bond donors (Lipinski definition) is 2. The van der Waals surface area contributed by atoms with Crippen LogP contribution in [0.15, 0.2) is 64.8 Å². The van der Waals surface area contributed by atoms with E-state index in [4.69, 9.17) is 10.8 Å². The van der Waals surface area contributed by atoms with Crippen LogP contribution in [0.3, 0.4) is 0 Å². The molecule has 0 saturated carbocycles. The average Bonchev–Trinajstić information content (AvgIpc) is 3.09. The predicted molar refractivity (Wildman–Crippen MR) is 136 cm³/mol. The number of aromatic carboxylic acids is 1. The summed E-state index contributed by atoms with van der Waals surface area (Å²) >= 11 is 0.972. The van der Waals surface area contributed by atoms with Gasteiger partial charge in [-0.05, 0) is 55.0 Å². The summed E-state index contributed by atoms with van der Waals surface area (Å²) in [5, 5.41) is 16.4. The molecule has 1 saturated heterocycles. The minimum atomic E-state index is -1.09. The number of thioether (sulfide) groups is 1. The van der Waals surface area contributed by atoms with Gasteiger partial charge in [-0.1, -0.05) is 30.0 Å². The van der Waals surface area contributed by atoms with E-state index in [1.54, 1.807) is 13.0 Å². The highest BCUT2D eigenvalue weighted by atomic mass is 32.2. The standard InChI is InChI=1S/C24H25N5O4S/c1-15(4-5-16-6-10-18(11-7-16)28(2)3)26-27-24(25)34-20-14-21(30)29(22(20)31)19-12-8-17(9-13-19)23(32)33/h4-13,20H,14H2,1-3H3,(H2,25,27)(H,32,33)/b5-4+,26-15?. The first-order valence-corrected chi connectivity index (χ1v) is 11.2. The highest BCUT2D eigenvalue weighted by molar-refractivity contribution is 8.14. The molecule has 0 aromatic heterocycles. The number of nitrogens with two attached hydrogens (primary N) is 1. The third kappa shape index (κ3) is 6.10. The highest BCUT2D eigenvalue weighted by Crippen LogP contribution is 2.30. The van der Waals surface area contributed by atoms with Crippen molar-refractivity contribution in [2.24, 2.45) is 15.9 Å². The lowest BCUT2D eigenvalue weighted by Crippen LogP contribution is -2.31. The summed E-state index contributed by atoms with van der Waals surface area (Å²) in [4.78, 5) is 39.2. The van der Waals surface area contributed by atoms with Crippen LogP contribution in [-0.2, 0) is 9.59 Å². The Kier molecular flexibility index (Phi) is 7.85. The zero-order chi connectivity index (χ0) is 24.8. The number of carbonyl (C=O) groups excluding carboxylic acids is 2. The molecule has 9 nitrogen and oxygen atoms in total. The summed E-state index contributed by atoms with van der Waals surface area (Å²) in [5.74, 6) is -1.91. The second kappa shape index (κ2) is 10.8. The summed E-state index contributed by atoms with van der Waals surface area (Å²) in [6, 6.07) is 13.6. The number of nitrogens with zero attached hydrogens (tertiary/aromatic N) is 4. The van der Waals surface area contributed by atoms with Crippen LogP contribution in [0.2, 0.25) is 0 Å². The lowest BCUT2D eigenvalue weighted by Gasteiger charge is -2.14. The number of rotatable bonds is 7. The molecule has 34 heavy (non-hydrogen) atoms. The second-order valence-electron chi connectivity index (χ2n) is 7.73. The Morgan fingerprint density at radius 2 is 1.76 bits per heavy atom. The van der Waals surface area contributed by atoms with Crippen LogP contribution in [0.25, 0.3) is 6.08 Å². The maximum Gasteiger partial charge on any atom is 0.335 e. The third-order valence-corrected chi connectivity index (χ3v) is 5.95. The SMILES string of the molecule is CC(/C=C/c1ccc(N(C)C)cc1)=NN=C(N)SC1CC(=O)N(c2ccc(C(=O)O)cc2)C1=O. The first-order valence-electron chi connectivity index (χ1n) is 10.4. The number of imide groups is 1. The number of amides is 2. The van der Waals surface area contributed by atoms with Gasteiger partial charge in [-0.2, -0.15) is 5.10 Å². The Balaban J connectivity index is 1.61. The zero-order valence-electron chi connectivity index (χ0n) is 19.0. The molecule has 176 valence electrons. The summed E-state index contributed by atoms with van der Waals surface area (Å²) < 4.78 is 0. The molecular formula is C24H25N5O4S. The quantitative estimate of drug-likeness (QED) is 0.270. The normalized spacial score (nSPS) is 17.0. The van der Waals surface area contributed by atoms with Crippen molar-refractivity contribution >= 4 is 57.9 Å². The topological polar surface area (TPSA) is 129 Å². The number of carbonyl (C=O) groups is 3. The van der Waals surface area contributed by atoms with Gasteiger partial charge in [0.2, 0.25) is 11.8 Å². The van der Waals surface area contributed by atoms with E-state index < -0.39 is 17.1 Å². The molecule has 1 aliphatic heterocycles. The molecule has 0 radical (unpaired) electrons. The van der Waals surface area contributed by atoms with Crippen LogP contribution in [0.1, 0.15) is 29.3 Å². The van der Waals surface area contributed by atoms with Crippen LogP contribution >= 0.6 is 11.8 Å². The van der Waals surface area contributed by atoms with Crippen molar-refractivity contribution in [1.82, 2.24) is 0 Å². The lowest BCUT2D eigenvalue weighted by atomic mass is 10.2. The molecule has 1 heterocycles. The third-order valence-electron chi connectivity index (χ3n) is 4.97. The maximum atomic E-state index is 12.7. The van der Waals surface area contributed by atoms with Gasteiger partial charge in [0.15, 0.2) is 5.17 Å². The van der Waals surface area contributed by atoms with Crippen molar-refractivity contribution in [3.05, 3.63) is 65.7 Å². The number of allylic oxidation sites excluding steroid dienone is 1. The fourth-order valence-corrected chi connectivity index (χ4v) is 3.96. The smallest absolute Gasteiger partial charge is 0.335 e. The number of hydrogen-bond acceptors (Lipinski definition) is 7. The second-order valence-corrected chi connectivity index (χ2v) is 8.95. The summed E-state index contributed by atoms with van der Waals surface area (Å²) in [6.45, 7) is 1.78. The molecule has 2 amide bonds. The average molecular weight is 480 g/mol. The molecule has 0 spiro atoms. The van der Waals surface area contributed by atoms with Crippen molar-refractivity contribution in [3.8, 4) is 0 Å². The van der Waals surface area contributed by atoms with Crippen LogP contribution in [0.5, 0.6) is 0 Å². The maximum absolute atomic E-state index is 12.7. The van der Waals surface area contributed by atoms with Gasteiger partial charge in [0, 0.05) is 26.2 Å². The van der Waals surface area contributed by atoms with Crippen LogP contribution in [0.4, 0.5) is 11.4 Å². The van der Waals surface area contributed by atoms with Gasteiger partial charge in [0.1, 0.15) is 5.25 Å². The molecule has 0 bridgehead atoms. The molecular weight excluding hydrogens is 454 g/mol. The molecule has 2 aromatic rings. The number of benzene rings is 2.